The van der Waals surface area contributed by atoms with E-state index in [0.717, 1.165) is 12.8 Å². The Morgan fingerprint density at radius 2 is 2.06 bits per heavy atom. The molecule has 0 saturated heterocycles. The van der Waals surface area contributed by atoms with Crippen molar-refractivity contribution in [1.82, 2.24) is 5.32 Å². The number of rotatable bonds is 4. The van der Waals surface area contributed by atoms with E-state index < -0.39 is 0 Å². The summed E-state index contributed by atoms with van der Waals surface area (Å²) in [7, 11) is 0. The number of amides is 1. The molecule has 2 rings (SSSR count). The van der Waals surface area contributed by atoms with Gasteiger partial charge in [0.1, 0.15) is 0 Å². The second-order valence-electron chi connectivity index (χ2n) is 5.58. The highest BCUT2D eigenvalue weighted by Gasteiger charge is 2.54. The van der Waals surface area contributed by atoms with Crippen molar-refractivity contribution in [3.8, 4) is 0 Å². The highest BCUT2D eigenvalue weighted by molar-refractivity contribution is 5.85. The van der Waals surface area contributed by atoms with E-state index in [9.17, 15) is 4.79 Å². The first-order chi connectivity index (χ1) is 7.68. The normalized spacial score (nSPS) is 27.1. The standard InChI is InChI=1S/C13H24N2O.ClH/c1-2-6-10(14)12(16)15-11-9-13(11)7-4-3-5-8-13;/h10-11H,2-9,14H2,1H3,(H,15,16);1H. The zero-order valence-electron chi connectivity index (χ0n) is 10.7. The van der Waals surface area contributed by atoms with Crippen LogP contribution in [0.5, 0.6) is 0 Å². The van der Waals surface area contributed by atoms with Crippen LogP contribution < -0.4 is 11.1 Å². The van der Waals surface area contributed by atoms with Gasteiger partial charge < -0.3 is 11.1 Å². The monoisotopic (exact) mass is 260 g/mol. The van der Waals surface area contributed by atoms with Crippen molar-refractivity contribution in [1.29, 1.82) is 0 Å². The van der Waals surface area contributed by atoms with Gasteiger partial charge in [0.2, 0.25) is 5.91 Å². The molecule has 1 amide bonds. The second kappa shape index (κ2) is 6.05. The van der Waals surface area contributed by atoms with E-state index in [0.29, 0.717) is 11.5 Å². The summed E-state index contributed by atoms with van der Waals surface area (Å²) in [6.07, 6.45) is 9.63. The third-order valence-corrected chi connectivity index (χ3v) is 4.29. The van der Waals surface area contributed by atoms with E-state index in [2.05, 4.69) is 12.2 Å². The summed E-state index contributed by atoms with van der Waals surface area (Å²) in [5.41, 5.74) is 6.28. The van der Waals surface area contributed by atoms with E-state index in [1.54, 1.807) is 0 Å². The molecule has 0 bridgehead atoms. The maximum absolute atomic E-state index is 11.8. The molecule has 0 radical (unpaired) electrons. The van der Waals surface area contributed by atoms with Crippen LogP contribution >= 0.6 is 12.4 Å². The summed E-state index contributed by atoms with van der Waals surface area (Å²) < 4.78 is 0. The third kappa shape index (κ3) is 3.35. The van der Waals surface area contributed by atoms with Gasteiger partial charge in [0, 0.05) is 6.04 Å². The lowest BCUT2D eigenvalue weighted by Crippen LogP contribution is -2.42. The zero-order valence-corrected chi connectivity index (χ0v) is 11.5. The summed E-state index contributed by atoms with van der Waals surface area (Å²) in [6.45, 7) is 2.06. The van der Waals surface area contributed by atoms with Crippen LogP contribution in [0.3, 0.4) is 0 Å². The minimum Gasteiger partial charge on any atom is -0.351 e. The van der Waals surface area contributed by atoms with Gasteiger partial charge in [0.25, 0.3) is 0 Å². The topological polar surface area (TPSA) is 55.1 Å². The molecule has 2 saturated carbocycles. The number of carbonyl (C=O) groups is 1. The van der Waals surface area contributed by atoms with Crippen molar-refractivity contribution in [2.24, 2.45) is 11.1 Å². The molecule has 0 aliphatic heterocycles. The Balaban J connectivity index is 0.00000144. The predicted molar refractivity (Wildman–Crippen MR) is 72.2 cm³/mol. The first kappa shape index (κ1) is 14.8. The number of hydrogen-bond donors (Lipinski definition) is 2. The van der Waals surface area contributed by atoms with Crippen LogP contribution in [0, 0.1) is 5.41 Å². The van der Waals surface area contributed by atoms with Crippen LogP contribution in [-0.2, 0) is 4.79 Å². The lowest BCUT2D eigenvalue weighted by atomic mass is 9.86. The van der Waals surface area contributed by atoms with Crippen LogP contribution in [-0.4, -0.2) is 18.0 Å². The highest BCUT2D eigenvalue weighted by atomic mass is 35.5. The molecule has 0 aromatic carbocycles. The molecule has 100 valence electrons. The Hall–Kier alpha value is -0.280. The zero-order chi connectivity index (χ0) is 11.6. The van der Waals surface area contributed by atoms with E-state index in [-0.39, 0.29) is 24.4 Å². The molecule has 3 N–H and O–H groups in total. The average molecular weight is 261 g/mol. The molecule has 17 heavy (non-hydrogen) atoms. The molecule has 2 fully saturated rings. The Labute approximate surface area is 110 Å². The van der Waals surface area contributed by atoms with Gasteiger partial charge in [0.05, 0.1) is 6.04 Å². The SMILES string of the molecule is CCCC(N)C(=O)NC1CC12CCCCC2.Cl. The van der Waals surface area contributed by atoms with Crippen LogP contribution in [0.15, 0.2) is 0 Å². The Bertz CT molecular complexity index is 264. The van der Waals surface area contributed by atoms with Gasteiger partial charge in [-0.05, 0) is 31.1 Å². The third-order valence-electron chi connectivity index (χ3n) is 4.29. The predicted octanol–water partition coefficient (Wildman–Crippen LogP) is 2.37. The van der Waals surface area contributed by atoms with Crippen molar-refractivity contribution in [2.45, 2.75) is 70.4 Å². The van der Waals surface area contributed by atoms with Gasteiger partial charge in [-0.1, -0.05) is 32.6 Å². The summed E-state index contributed by atoms with van der Waals surface area (Å²) in [5, 5.41) is 3.14. The highest BCUT2D eigenvalue weighted by Crippen LogP contribution is 2.56. The minimum atomic E-state index is -0.300. The first-order valence-corrected chi connectivity index (χ1v) is 6.74. The molecule has 2 atom stereocenters. The van der Waals surface area contributed by atoms with Gasteiger partial charge in [-0.15, -0.1) is 12.4 Å². The molecule has 2 aliphatic carbocycles. The smallest absolute Gasteiger partial charge is 0.237 e. The van der Waals surface area contributed by atoms with Gasteiger partial charge in [-0.3, -0.25) is 4.79 Å². The molecule has 0 heterocycles. The minimum absolute atomic E-state index is 0. The number of halogens is 1. The molecular formula is C13H25ClN2O. The van der Waals surface area contributed by atoms with Gasteiger partial charge in [-0.25, -0.2) is 0 Å². The Morgan fingerprint density at radius 3 is 2.65 bits per heavy atom. The van der Waals surface area contributed by atoms with Crippen molar-refractivity contribution >= 4 is 18.3 Å². The van der Waals surface area contributed by atoms with E-state index >= 15 is 0 Å². The molecule has 0 aromatic heterocycles. The maximum Gasteiger partial charge on any atom is 0.237 e. The van der Waals surface area contributed by atoms with E-state index in [1.807, 2.05) is 0 Å². The van der Waals surface area contributed by atoms with Crippen molar-refractivity contribution in [3.05, 3.63) is 0 Å². The second-order valence-corrected chi connectivity index (χ2v) is 5.58. The number of nitrogens with one attached hydrogen (secondary N) is 1. The lowest BCUT2D eigenvalue weighted by Gasteiger charge is -2.23. The van der Waals surface area contributed by atoms with Crippen molar-refractivity contribution in [3.63, 3.8) is 0 Å². The molecule has 2 unspecified atom stereocenters. The fraction of sp³-hybridized carbons (Fsp3) is 0.923. The lowest BCUT2D eigenvalue weighted by molar-refractivity contribution is -0.122. The summed E-state index contributed by atoms with van der Waals surface area (Å²) >= 11 is 0. The Kier molecular flexibility index (Phi) is 5.26. The van der Waals surface area contributed by atoms with Crippen LogP contribution in [0.4, 0.5) is 0 Å². The molecule has 4 heteroatoms. The molecular weight excluding hydrogens is 236 g/mol. The van der Waals surface area contributed by atoms with E-state index in [4.69, 9.17) is 5.73 Å². The summed E-state index contributed by atoms with van der Waals surface area (Å²) in [5.74, 6) is 0.0642. The van der Waals surface area contributed by atoms with E-state index in [1.165, 1.54) is 38.5 Å². The molecule has 0 aromatic rings. The Morgan fingerprint density at radius 1 is 1.41 bits per heavy atom. The largest absolute Gasteiger partial charge is 0.351 e. The summed E-state index contributed by atoms with van der Waals surface area (Å²) in [4.78, 5) is 11.8. The first-order valence-electron chi connectivity index (χ1n) is 6.74. The number of hydrogen-bond acceptors (Lipinski definition) is 2. The molecule has 1 spiro atoms. The molecule has 3 nitrogen and oxygen atoms in total. The fourth-order valence-electron chi connectivity index (χ4n) is 3.08. The van der Waals surface area contributed by atoms with Gasteiger partial charge >= 0.3 is 0 Å². The van der Waals surface area contributed by atoms with Crippen LogP contribution in [0.1, 0.15) is 58.3 Å². The number of carbonyl (C=O) groups excluding carboxylic acids is 1. The van der Waals surface area contributed by atoms with Gasteiger partial charge in [0.15, 0.2) is 0 Å². The quantitative estimate of drug-likeness (QED) is 0.815. The van der Waals surface area contributed by atoms with Crippen molar-refractivity contribution < 1.29 is 4.79 Å². The maximum atomic E-state index is 11.8. The summed E-state index contributed by atoms with van der Waals surface area (Å²) in [6, 6.07) is 0.134. The fourth-order valence-corrected chi connectivity index (χ4v) is 3.08. The van der Waals surface area contributed by atoms with Crippen LogP contribution in [0.2, 0.25) is 0 Å². The average Bonchev–Trinajstić information content (AvgIpc) is 2.92. The number of nitrogens with two attached hydrogens (primary N) is 1. The van der Waals surface area contributed by atoms with Crippen molar-refractivity contribution in [2.75, 3.05) is 0 Å². The van der Waals surface area contributed by atoms with Gasteiger partial charge in [-0.2, -0.15) is 0 Å². The van der Waals surface area contributed by atoms with Crippen LogP contribution in [0.25, 0.3) is 0 Å². The molecule has 2 aliphatic rings.